The van der Waals surface area contributed by atoms with E-state index in [-0.39, 0.29) is 12.5 Å². The van der Waals surface area contributed by atoms with Crippen molar-refractivity contribution < 1.29 is 23.6 Å². The molecule has 0 spiro atoms. The van der Waals surface area contributed by atoms with Gasteiger partial charge >= 0.3 is 12.9 Å². The number of halogens is 2. The van der Waals surface area contributed by atoms with Gasteiger partial charge in [0.15, 0.2) is 0 Å². The molecule has 0 saturated heterocycles. The van der Waals surface area contributed by atoms with Gasteiger partial charge in [0.2, 0.25) is 0 Å². The maximum Gasteiger partial charge on any atom is 0.476 e. The molecule has 0 aliphatic heterocycles. The number of carbonyl (C=O) groups is 1. The minimum Gasteiger partial charge on any atom is -0.379 e. The molecule has 0 amide bonds. The van der Waals surface area contributed by atoms with Crippen molar-refractivity contribution in [3.05, 3.63) is 34.3 Å². The Balaban J connectivity index is 2.53. The highest BCUT2D eigenvalue weighted by Crippen LogP contribution is 2.47. The van der Waals surface area contributed by atoms with Crippen molar-refractivity contribution in [2.24, 2.45) is 5.92 Å². The number of hydrogen-bond donors (Lipinski definition) is 2. The normalized spacial score (nSPS) is 15.5. The third kappa shape index (κ3) is 7.40. The van der Waals surface area contributed by atoms with Crippen LogP contribution in [0.4, 0.5) is 0 Å². The van der Waals surface area contributed by atoms with E-state index in [4.69, 9.17) is 21.0 Å². The zero-order chi connectivity index (χ0) is 16.0. The molecule has 0 aliphatic carbocycles. The maximum absolute atomic E-state index is 11.7. The molecule has 1 rings (SSSR count). The van der Waals surface area contributed by atoms with Gasteiger partial charge in [0.05, 0.1) is 6.61 Å². The van der Waals surface area contributed by atoms with Crippen LogP contribution in [0.15, 0.2) is 28.7 Å². The van der Waals surface area contributed by atoms with Crippen LogP contribution in [0.5, 0.6) is 0 Å². The van der Waals surface area contributed by atoms with E-state index in [0.717, 1.165) is 10.0 Å². The van der Waals surface area contributed by atoms with E-state index in [1.165, 1.54) is 0 Å². The van der Waals surface area contributed by atoms with Crippen molar-refractivity contribution in [3.63, 3.8) is 0 Å². The number of benzene rings is 1. The molecule has 2 N–H and O–H groups in total. The van der Waals surface area contributed by atoms with Crippen molar-refractivity contribution in [1.29, 1.82) is 0 Å². The van der Waals surface area contributed by atoms with E-state index in [0.29, 0.717) is 0 Å². The van der Waals surface area contributed by atoms with E-state index >= 15 is 0 Å². The van der Waals surface area contributed by atoms with Crippen molar-refractivity contribution in [3.8, 4) is 0 Å². The lowest BCUT2D eigenvalue weighted by Gasteiger charge is -2.20. The van der Waals surface area contributed by atoms with Crippen molar-refractivity contribution in [1.82, 2.24) is 5.48 Å². The Morgan fingerprint density at radius 1 is 1.43 bits per heavy atom. The van der Waals surface area contributed by atoms with Gasteiger partial charge in [-0.2, -0.15) is 5.48 Å². The second kappa shape index (κ2) is 8.27. The van der Waals surface area contributed by atoms with Crippen LogP contribution in [0.2, 0.25) is 0 Å². The highest BCUT2D eigenvalue weighted by molar-refractivity contribution is 9.10. The highest BCUT2D eigenvalue weighted by atomic mass is 79.9. The second-order valence-electron chi connectivity index (χ2n) is 4.62. The zero-order valence-electron chi connectivity index (χ0n) is 11.5. The smallest absolute Gasteiger partial charge is 0.379 e. The molecule has 0 fully saturated rings. The average molecular weight is 401 g/mol. The molecule has 0 bridgehead atoms. The summed E-state index contributed by atoms with van der Waals surface area (Å²) in [5.74, 6) is -1.16. The van der Waals surface area contributed by atoms with Crippen LogP contribution in [-0.4, -0.2) is 16.9 Å². The lowest BCUT2D eigenvalue weighted by molar-refractivity contribution is -0.143. The molecule has 9 heteroatoms. The summed E-state index contributed by atoms with van der Waals surface area (Å²) < 4.78 is 16.1. The molecule has 2 atom stereocenters. The Kier molecular flexibility index (Phi) is 7.33. The SMILES string of the molecule is CC(C)[C@H](NOCc1ccc(Br)cc1)C(=O)OP(=O)(O)Cl. The summed E-state index contributed by atoms with van der Waals surface area (Å²) >= 11 is 8.34. The fraction of sp³-hybridized carbons (Fsp3) is 0.417. The summed E-state index contributed by atoms with van der Waals surface area (Å²) in [4.78, 5) is 25.8. The van der Waals surface area contributed by atoms with Gasteiger partial charge in [-0.25, -0.2) is 9.36 Å². The summed E-state index contributed by atoms with van der Waals surface area (Å²) in [6.07, 6.45) is 0. The van der Waals surface area contributed by atoms with Crippen LogP contribution in [0.25, 0.3) is 0 Å². The molecule has 0 aliphatic rings. The van der Waals surface area contributed by atoms with Crippen LogP contribution in [0.3, 0.4) is 0 Å². The van der Waals surface area contributed by atoms with Crippen molar-refractivity contribution in [2.45, 2.75) is 26.5 Å². The fourth-order valence-electron chi connectivity index (χ4n) is 1.42. The molecule has 0 aromatic heterocycles. The summed E-state index contributed by atoms with van der Waals surface area (Å²) in [5.41, 5.74) is 3.42. The first-order valence-corrected chi connectivity index (χ1v) is 9.34. The van der Waals surface area contributed by atoms with E-state index in [2.05, 4.69) is 25.9 Å². The maximum atomic E-state index is 11.7. The van der Waals surface area contributed by atoms with E-state index in [9.17, 15) is 9.36 Å². The molecular formula is C12H16BrClNO5P. The van der Waals surface area contributed by atoms with Gasteiger partial charge in [-0.3, -0.25) is 4.84 Å². The summed E-state index contributed by atoms with van der Waals surface area (Å²) in [7, 11) is 0. The van der Waals surface area contributed by atoms with Crippen LogP contribution >= 0.6 is 34.1 Å². The third-order valence-electron chi connectivity index (χ3n) is 2.49. The Morgan fingerprint density at radius 2 is 2.00 bits per heavy atom. The first kappa shape index (κ1) is 18.6. The molecule has 118 valence electrons. The van der Waals surface area contributed by atoms with E-state index in [1.807, 2.05) is 24.3 Å². The quantitative estimate of drug-likeness (QED) is 0.539. The standard InChI is InChI=1S/C12H16BrClNO5P/c1-8(2)11(12(16)20-21(14,17)18)15-19-7-9-3-5-10(13)6-4-9/h3-6,8,11,15H,7H2,1-2H3,(H,17,18)/t11-/m0/s1. The van der Waals surface area contributed by atoms with Gasteiger partial charge < -0.3 is 9.42 Å². The van der Waals surface area contributed by atoms with Gasteiger partial charge in [-0.05, 0) is 23.6 Å². The Morgan fingerprint density at radius 3 is 2.48 bits per heavy atom. The van der Waals surface area contributed by atoms with Gasteiger partial charge in [0, 0.05) is 15.7 Å². The minimum absolute atomic E-state index is 0.217. The Labute approximate surface area is 136 Å². The summed E-state index contributed by atoms with van der Waals surface area (Å²) in [5, 5.41) is 0. The van der Waals surface area contributed by atoms with Crippen LogP contribution < -0.4 is 5.48 Å². The number of hydrogen-bond acceptors (Lipinski definition) is 5. The predicted octanol–water partition coefficient (Wildman–Crippen LogP) is 3.38. The van der Waals surface area contributed by atoms with Gasteiger partial charge in [-0.1, -0.05) is 41.9 Å². The zero-order valence-corrected chi connectivity index (χ0v) is 14.7. The molecule has 0 heterocycles. The second-order valence-corrected chi connectivity index (χ2v) is 7.90. The molecule has 0 saturated carbocycles. The number of nitrogens with one attached hydrogen (secondary N) is 1. The average Bonchev–Trinajstić information content (AvgIpc) is 2.34. The first-order chi connectivity index (χ1) is 9.69. The largest absolute Gasteiger partial charge is 0.476 e. The molecule has 1 aromatic carbocycles. The predicted molar refractivity (Wildman–Crippen MR) is 82.5 cm³/mol. The fourth-order valence-corrected chi connectivity index (χ4v) is 2.22. The van der Waals surface area contributed by atoms with Crippen LogP contribution in [0.1, 0.15) is 19.4 Å². The van der Waals surface area contributed by atoms with Gasteiger partial charge in [0.1, 0.15) is 6.04 Å². The molecule has 21 heavy (non-hydrogen) atoms. The number of hydroxylamine groups is 1. The Bertz CT molecular complexity index is 519. The van der Waals surface area contributed by atoms with Crippen LogP contribution in [0, 0.1) is 5.92 Å². The van der Waals surface area contributed by atoms with Gasteiger partial charge in [0.25, 0.3) is 0 Å². The van der Waals surface area contributed by atoms with Crippen LogP contribution in [-0.2, 0) is 25.3 Å². The lowest BCUT2D eigenvalue weighted by Crippen LogP contribution is -2.41. The van der Waals surface area contributed by atoms with E-state index < -0.39 is 19.0 Å². The Hall–Kier alpha value is -0.430. The monoisotopic (exact) mass is 399 g/mol. The number of rotatable bonds is 7. The highest BCUT2D eigenvalue weighted by Gasteiger charge is 2.30. The minimum atomic E-state index is -4.39. The number of carbonyl (C=O) groups excluding carboxylic acids is 1. The topological polar surface area (TPSA) is 84.9 Å². The van der Waals surface area contributed by atoms with Gasteiger partial charge in [-0.15, -0.1) is 0 Å². The third-order valence-corrected chi connectivity index (χ3v) is 3.63. The van der Waals surface area contributed by atoms with Crippen molar-refractivity contribution in [2.75, 3.05) is 0 Å². The van der Waals surface area contributed by atoms with E-state index in [1.54, 1.807) is 13.8 Å². The molecular weight excluding hydrogens is 384 g/mol. The lowest BCUT2D eigenvalue weighted by atomic mass is 10.1. The van der Waals surface area contributed by atoms with Crippen molar-refractivity contribution >= 4 is 40.1 Å². The summed E-state index contributed by atoms with van der Waals surface area (Å²) in [6.45, 7) is -0.696. The molecule has 1 aromatic rings. The first-order valence-electron chi connectivity index (χ1n) is 6.06. The molecule has 1 unspecified atom stereocenters. The molecule has 6 nitrogen and oxygen atoms in total. The summed E-state index contributed by atoms with van der Waals surface area (Å²) in [6, 6.07) is 6.54. The molecule has 0 radical (unpaired) electrons.